The summed E-state index contributed by atoms with van der Waals surface area (Å²) in [6, 6.07) is 8.67. The van der Waals surface area contributed by atoms with Gasteiger partial charge in [-0.05, 0) is 44.1 Å². The van der Waals surface area contributed by atoms with Gasteiger partial charge in [0.15, 0.2) is 0 Å². The third-order valence-electron chi connectivity index (χ3n) is 4.55. The smallest absolute Gasteiger partial charge is 0.224 e. The van der Waals surface area contributed by atoms with Gasteiger partial charge in [-0.2, -0.15) is 0 Å². The molecular weight excluding hydrogens is 286 g/mol. The molecule has 2 N–H and O–H groups in total. The highest BCUT2D eigenvalue weighted by Gasteiger charge is 2.11. The molecule has 1 aliphatic heterocycles. The minimum absolute atomic E-state index is 0.00214. The third kappa shape index (κ3) is 6.32. The molecule has 1 fully saturated rings. The third-order valence-corrected chi connectivity index (χ3v) is 4.55. The lowest BCUT2D eigenvalue weighted by atomic mass is 10.1. The predicted molar refractivity (Wildman–Crippen MR) is 95.1 cm³/mol. The average molecular weight is 317 g/mol. The molecule has 2 rings (SSSR count). The second-order valence-corrected chi connectivity index (χ2v) is 6.68. The number of carbonyl (C=O) groups is 1. The molecule has 0 aliphatic carbocycles. The first kappa shape index (κ1) is 18.0. The zero-order valence-corrected chi connectivity index (χ0v) is 14.6. The molecule has 0 bridgehead atoms. The molecule has 1 aromatic carbocycles. The van der Waals surface area contributed by atoms with Crippen LogP contribution in [0.2, 0.25) is 0 Å². The summed E-state index contributed by atoms with van der Waals surface area (Å²) < 4.78 is 0. The van der Waals surface area contributed by atoms with Gasteiger partial charge < -0.3 is 10.6 Å². The van der Waals surface area contributed by atoms with Gasteiger partial charge in [0, 0.05) is 25.6 Å². The lowest BCUT2D eigenvalue weighted by molar-refractivity contribution is -0.124. The second-order valence-electron chi connectivity index (χ2n) is 6.68. The van der Waals surface area contributed by atoms with Crippen LogP contribution in [-0.4, -0.2) is 37.5 Å². The van der Waals surface area contributed by atoms with Crippen LogP contribution in [0.5, 0.6) is 0 Å². The minimum atomic E-state index is 0.00214. The van der Waals surface area contributed by atoms with Gasteiger partial charge in [0.1, 0.15) is 0 Å². The molecule has 23 heavy (non-hydrogen) atoms. The van der Waals surface area contributed by atoms with Crippen molar-refractivity contribution in [3.05, 3.63) is 35.4 Å². The van der Waals surface area contributed by atoms with Gasteiger partial charge in [0.05, 0.1) is 0 Å². The van der Waals surface area contributed by atoms with E-state index in [1.54, 1.807) is 0 Å². The van der Waals surface area contributed by atoms with Crippen LogP contribution in [0, 0.1) is 5.92 Å². The van der Waals surface area contributed by atoms with E-state index in [0.717, 1.165) is 12.1 Å². The van der Waals surface area contributed by atoms with E-state index in [-0.39, 0.29) is 11.8 Å². The highest BCUT2D eigenvalue weighted by atomic mass is 16.1. The van der Waals surface area contributed by atoms with Gasteiger partial charge in [-0.15, -0.1) is 0 Å². The normalized spacial score (nSPS) is 17.5. The molecule has 0 radical (unpaired) electrons. The summed E-state index contributed by atoms with van der Waals surface area (Å²) in [7, 11) is 1.87. The fourth-order valence-electron chi connectivity index (χ4n) is 3.08. The lowest BCUT2D eigenvalue weighted by Crippen LogP contribution is -2.33. The summed E-state index contributed by atoms with van der Waals surface area (Å²) in [5.74, 6) is 0.107. The Labute approximate surface area is 140 Å². The van der Waals surface area contributed by atoms with E-state index in [4.69, 9.17) is 0 Å². The Balaban J connectivity index is 1.78. The number of carbonyl (C=O) groups excluding carboxylic acids is 1. The van der Waals surface area contributed by atoms with Gasteiger partial charge in [-0.3, -0.25) is 9.69 Å². The van der Waals surface area contributed by atoms with Crippen LogP contribution < -0.4 is 10.6 Å². The van der Waals surface area contributed by atoms with Crippen molar-refractivity contribution in [3.63, 3.8) is 0 Å². The SMILES string of the molecule is CNCC(C)C(=O)NCc1ccc(CN2CCCCCC2)cc1. The highest BCUT2D eigenvalue weighted by Crippen LogP contribution is 2.14. The van der Waals surface area contributed by atoms with E-state index in [2.05, 4.69) is 39.8 Å². The van der Waals surface area contributed by atoms with Crippen LogP contribution in [0.25, 0.3) is 0 Å². The number of amides is 1. The Morgan fingerprint density at radius 3 is 2.30 bits per heavy atom. The number of benzene rings is 1. The number of nitrogens with one attached hydrogen (secondary N) is 2. The average Bonchev–Trinajstić information content (AvgIpc) is 2.83. The van der Waals surface area contributed by atoms with E-state index < -0.39 is 0 Å². The molecule has 4 nitrogen and oxygen atoms in total. The summed E-state index contributed by atoms with van der Waals surface area (Å²) in [6.45, 7) is 6.75. The Bertz CT molecular complexity index is 464. The van der Waals surface area contributed by atoms with Crippen LogP contribution >= 0.6 is 0 Å². The predicted octanol–water partition coefficient (Wildman–Crippen LogP) is 2.53. The van der Waals surface area contributed by atoms with Crippen LogP contribution in [0.3, 0.4) is 0 Å². The Kier molecular flexibility index (Phi) is 7.56. The number of hydrogen-bond acceptors (Lipinski definition) is 3. The van der Waals surface area contributed by atoms with Crippen LogP contribution in [0.15, 0.2) is 24.3 Å². The van der Waals surface area contributed by atoms with Gasteiger partial charge >= 0.3 is 0 Å². The molecule has 1 atom stereocenters. The minimum Gasteiger partial charge on any atom is -0.352 e. The van der Waals surface area contributed by atoms with Crippen molar-refractivity contribution in [2.24, 2.45) is 5.92 Å². The van der Waals surface area contributed by atoms with Gasteiger partial charge in [-0.1, -0.05) is 44.0 Å². The van der Waals surface area contributed by atoms with Crippen LogP contribution in [-0.2, 0) is 17.9 Å². The maximum atomic E-state index is 11.9. The Morgan fingerprint density at radius 1 is 1.09 bits per heavy atom. The Hall–Kier alpha value is -1.39. The number of hydrogen-bond donors (Lipinski definition) is 2. The van der Waals surface area contributed by atoms with Gasteiger partial charge in [-0.25, -0.2) is 0 Å². The molecule has 1 saturated heterocycles. The second kappa shape index (κ2) is 9.68. The first-order valence-electron chi connectivity index (χ1n) is 8.91. The molecule has 0 spiro atoms. The number of nitrogens with zero attached hydrogens (tertiary/aromatic N) is 1. The molecule has 1 amide bonds. The molecule has 1 heterocycles. The summed E-state index contributed by atoms with van der Waals surface area (Å²) >= 11 is 0. The standard InChI is InChI=1S/C19H31N3O/c1-16(13-20-2)19(23)21-14-17-7-9-18(10-8-17)15-22-11-5-3-4-6-12-22/h7-10,16,20H,3-6,11-15H2,1-2H3,(H,21,23). The molecule has 0 aromatic heterocycles. The summed E-state index contributed by atoms with van der Waals surface area (Å²) in [5.41, 5.74) is 2.53. The highest BCUT2D eigenvalue weighted by molar-refractivity contribution is 5.78. The van der Waals surface area contributed by atoms with E-state index in [9.17, 15) is 4.79 Å². The molecular formula is C19H31N3O. The summed E-state index contributed by atoms with van der Waals surface area (Å²) in [6.07, 6.45) is 5.41. The fraction of sp³-hybridized carbons (Fsp3) is 0.632. The maximum absolute atomic E-state index is 11.9. The van der Waals surface area contributed by atoms with Gasteiger partial charge in [0.25, 0.3) is 0 Å². The van der Waals surface area contributed by atoms with E-state index in [1.165, 1.54) is 44.3 Å². The molecule has 1 aromatic rings. The first-order chi connectivity index (χ1) is 11.2. The zero-order valence-electron chi connectivity index (χ0n) is 14.6. The molecule has 1 aliphatic rings. The molecule has 1 unspecified atom stereocenters. The van der Waals surface area contributed by atoms with Crippen molar-refractivity contribution in [1.82, 2.24) is 15.5 Å². The van der Waals surface area contributed by atoms with E-state index in [1.807, 2.05) is 14.0 Å². The van der Waals surface area contributed by atoms with Crippen LogP contribution in [0.4, 0.5) is 0 Å². The number of likely N-dealkylation sites (tertiary alicyclic amines) is 1. The van der Waals surface area contributed by atoms with E-state index >= 15 is 0 Å². The Morgan fingerprint density at radius 2 is 1.70 bits per heavy atom. The van der Waals surface area contributed by atoms with Gasteiger partial charge in [0.2, 0.25) is 5.91 Å². The fourth-order valence-corrected chi connectivity index (χ4v) is 3.08. The van der Waals surface area contributed by atoms with Crippen molar-refractivity contribution in [2.45, 2.75) is 45.7 Å². The van der Waals surface area contributed by atoms with Crippen LogP contribution in [0.1, 0.15) is 43.7 Å². The summed E-state index contributed by atoms with van der Waals surface area (Å²) in [4.78, 5) is 14.5. The van der Waals surface area contributed by atoms with Crippen molar-refractivity contribution < 1.29 is 4.79 Å². The zero-order chi connectivity index (χ0) is 16.5. The maximum Gasteiger partial charge on any atom is 0.224 e. The quantitative estimate of drug-likeness (QED) is 0.812. The topological polar surface area (TPSA) is 44.4 Å². The van der Waals surface area contributed by atoms with Crippen molar-refractivity contribution in [2.75, 3.05) is 26.7 Å². The van der Waals surface area contributed by atoms with Crippen molar-refractivity contribution in [1.29, 1.82) is 0 Å². The molecule has 4 heteroatoms. The number of rotatable bonds is 7. The summed E-state index contributed by atoms with van der Waals surface area (Å²) in [5, 5.41) is 6.03. The van der Waals surface area contributed by atoms with Crippen molar-refractivity contribution in [3.8, 4) is 0 Å². The largest absolute Gasteiger partial charge is 0.352 e. The van der Waals surface area contributed by atoms with Crippen molar-refractivity contribution >= 4 is 5.91 Å². The first-order valence-corrected chi connectivity index (χ1v) is 8.91. The molecule has 128 valence electrons. The lowest BCUT2D eigenvalue weighted by Gasteiger charge is -2.20. The molecule has 0 saturated carbocycles. The monoisotopic (exact) mass is 317 g/mol. The van der Waals surface area contributed by atoms with E-state index in [0.29, 0.717) is 13.1 Å².